The molecule has 4 aromatic rings. The molecule has 4 heterocycles. The van der Waals surface area contributed by atoms with Gasteiger partial charge in [0.1, 0.15) is 22.7 Å². The van der Waals surface area contributed by atoms with E-state index in [-0.39, 0.29) is 5.91 Å². The Balaban J connectivity index is 1.50. The molecular formula is C24H27ClFN7O2. The summed E-state index contributed by atoms with van der Waals surface area (Å²) in [6, 6.07) is 3.00. The lowest BCUT2D eigenvalue weighted by molar-refractivity contribution is 0.0368. The lowest BCUT2D eigenvalue weighted by Gasteiger charge is -2.26. The van der Waals surface area contributed by atoms with Gasteiger partial charge in [0, 0.05) is 43.9 Å². The zero-order valence-electron chi connectivity index (χ0n) is 19.5. The Bertz CT molecular complexity index is 1360. The fourth-order valence-electron chi connectivity index (χ4n) is 4.35. The van der Waals surface area contributed by atoms with Crippen LogP contribution in [0.5, 0.6) is 0 Å². The Kier molecular flexibility index (Phi) is 6.94. The predicted octanol–water partition coefficient (Wildman–Crippen LogP) is 3.63. The van der Waals surface area contributed by atoms with Gasteiger partial charge in [0.25, 0.3) is 5.91 Å². The predicted molar refractivity (Wildman–Crippen MR) is 132 cm³/mol. The van der Waals surface area contributed by atoms with E-state index in [1.807, 2.05) is 6.92 Å². The van der Waals surface area contributed by atoms with Crippen molar-refractivity contribution in [1.82, 2.24) is 34.9 Å². The first-order valence-corrected chi connectivity index (χ1v) is 12.2. The van der Waals surface area contributed by atoms with E-state index < -0.39 is 5.82 Å². The lowest BCUT2D eigenvalue weighted by atomic mass is 10.1. The molecule has 0 unspecified atom stereocenters. The molecule has 11 heteroatoms. The summed E-state index contributed by atoms with van der Waals surface area (Å²) in [5.41, 5.74) is 2.65. The van der Waals surface area contributed by atoms with Crippen molar-refractivity contribution in [2.75, 3.05) is 39.4 Å². The molecule has 0 radical (unpaired) electrons. The number of H-pyrrole nitrogens is 1. The van der Waals surface area contributed by atoms with Crippen LogP contribution in [0.4, 0.5) is 4.39 Å². The summed E-state index contributed by atoms with van der Waals surface area (Å²) in [5, 5.41) is 8.21. The second kappa shape index (κ2) is 10.3. The second-order valence-corrected chi connectivity index (χ2v) is 9.01. The highest BCUT2D eigenvalue weighted by Gasteiger charge is 2.21. The Morgan fingerprint density at radius 2 is 2.11 bits per heavy atom. The number of carbonyl (C=O) groups excluding carboxylic acids is 1. The SMILES string of the molecule is CCCNC(=O)c1c[nH]c2ncc(-c3nn(CCCN4CCOCC4)c4cc(Cl)cc(F)c34)nc12. The van der Waals surface area contributed by atoms with Gasteiger partial charge in [-0.2, -0.15) is 5.10 Å². The molecule has 1 saturated heterocycles. The van der Waals surface area contributed by atoms with E-state index in [4.69, 9.17) is 21.4 Å². The van der Waals surface area contributed by atoms with Crippen LogP contribution in [-0.2, 0) is 11.3 Å². The highest BCUT2D eigenvalue weighted by Crippen LogP contribution is 2.32. The summed E-state index contributed by atoms with van der Waals surface area (Å²) in [5.74, 6) is -0.709. The van der Waals surface area contributed by atoms with Gasteiger partial charge in [-0.1, -0.05) is 18.5 Å². The van der Waals surface area contributed by atoms with Crippen LogP contribution in [-0.4, -0.2) is 74.9 Å². The summed E-state index contributed by atoms with van der Waals surface area (Å²) in [6.07, 6.45) is 4.79. The van der Waals surface area contributed by atoms with Crippen LogP contribution >= 0.6 is 11.6 Å². The number of halogens is 2. The van der Waals surface area contributed by atoms with Crippen molar-refractivity contribution in [3.63, 3.8) is 0 Å². The van der Waals surface area contributed by atoms with Crippen molar-refractivity contribution in [3.05, 3.63) is 40.9 Å². The molecule has 184 valence electrons. The molecule has 0 atom stereocenters. The number of carbonyl (C=O) groups is 1. The number of fused-ring (bicyclic) bond motifs is 2. The Morgan fingerprint density at radius 3 is 2.91 bits per heavy atom. The topological polar surface area (TPSA) is 101 Å². The van der Waals surface area contributed by atoms with Crippen molar-refractivity contribution in [2.24, 2.45) is 0 Å². The number of nitrogens with one attached hydrogen (secondary N) is 2. The van der Waals surface area contributed by atoms with E-state index in [9.17, 15) is 4.79 Å². The summed E-state index contributed by atoms with van der Waals surface area (Å²) < 4.78 is 22.3. The Labute approximate surface area is 206 Å². The summed E-state index contributed by atoms with van der Waals surface area (Å²) >= 11 is 6.19. The molecule has 5 rings (SSSR count). The molecule has 3 aromatic heterocycles. The summed E-state index contributed by atoms with van der Waals surface area (Å²) in [7, 11) is 0. The lowest BCUT2D eigenvalue weighted by Crippen LogP contribution is -2.37. The molecule has 0 aliphatic carbocycles. The third-order valence-electron chi connectivity index (χ3n) is 6.12. The van der Waals surface area contributed by atoms with Gasteiger partial charge in [0.05, 0.1) is 35.9 Å². The zero-order chi connectivity index (χ0) is 24.4. The molecule has 2 N–H and O–H groups in total. The van der Waals surface area contributed by atoms with Crippen LogP contribution in [0.25, 0.3) is 33.5 Å². The van der Waals surface area contributed by atoms with Gasteiger partial charge < -0.3 is 15.0 Å². The van der Waals surface area contributed by atoms with Crippen molar-refractivity contribution < 1.29 is 13.9 Å². The fourth-order valence-corrected chi connectivity index (χ4v) is 4.55. The van der Waals surface area contributed by atoms with Crippen molar-refractivity contribution in [1.29, 1.82) is 0 Å². The number of benzene rings is 1. The molecule has 1 fully saturated rings. The maximum absolute atomic E-state index is 15.1. The number of morpholine rings is 1. The first-order valence-electron chi connectivity index (χ1n) is 11.8. The average molecular weight is 500 g/mol. The van der Waals surface area contributed by atoms with Gasteiger partial charge in [0.15, 0.2) is 5.65 Å². The van der Waals surface area contributed by atoms with Crippen molar-refractivity contribution >= 4 is 39.6 Å². The molecule has 1 aliphatic rings. The van der Waals surface area contributed by atoms with Crippen LogP contribution in [0, 0.1) is 5.82 Å². The third-order valence-corrected chi connectivity index (χ3v) is 6.34. The van der Waals surface area contributed by atoms with Crippen LogP contribution in [0.1, 0.15) is 30.1 Å². The second-order valence-electron chi connectivity index (χ2n) is 8.57. The number of aromatic nitrogens is 5. The van der Waals surface area contributed by atoms with E-state index in [1.165, 1.54) is 6.07 Å². The summed E-state index contributed by atoms with van der Waals surface area (Å²) in [6.45, 7) is 7.34. The van der Waals surface area contributed by atoms with E-state index >= 15 is 4.39 Å². The smallest absolute Gasteiger partial charge is 0.255 e. The largest absolute Gasteiger partial charge is 0.379 e. The minimum absolute atomic E-state index is 0.235. The molecule has 0 spiro atoms. The van der Waals surface area contributed by atoms with Gasteiger partial charge in [-0.25, -0.2) is 14.4 Å². The number of nitrogens with zero attached hydrogens (tertiary/aromatic N) is 5. The number of rotatable bonds is 8. The molecule has 1 aliphatic heterocycles. The molecule has 9 nitrogen and oxygen atoms in total. The first-order chi connectivity index (χ1) is 17.0. The first kappa shape index (κ1) is 23.7. The van der Waals surface area contributed by atoms with Crippen molar-refractivity contribution in [2.45, 2.75) is 26.3 Å². The summed E-state index contributed by atoms with van der Waals surface area (Å²) in [4.78, 5) is 27.0. The van der Waals surface area contributed by atoms with Gasteiger partial charge in [-0.05, 0) is 25.0 Å². The maximum Gasteiger partial charge on any atom is 0.255 e. The highest BCUT2D eigenvalue weighted by atomic mass is 35.5. The number of amides is 1. The molecule has 1 aromatic carbocycles. The molecule has 0 bridgehead atoms. The zero-order valence-corrected chi connectivity index (χ0v) is 20.2. The Hall–Kier alpha value is -3.08. The number of aromatic amines is 1. The maximum atomic E-state index is 15.1. The van der Waals surface area contributed by atoms with Crippen LogP contribution < -0.4 is 5.32 Å². The molecule has 1 amide bonds. The van der Waals surface area contributed by atoms with Gasteiger partial charge in [-0.3, -0.25) is 14.4 Å². The van der Waals surface area contributed by atoms with E-state index in [2.05, 4.69) is 25.2 Å². The third kappa shape index (κ3) is 4.86. The number of hydrogen-bond donors (Lipinski definition) is 2. The Morgan fingerprint density at radius 1 is 1.29 bits per heavy atom. The van der Waals surface area contributed by atoms with E-state index in [0.29, 0.717) is 57.1 Å². The van der Waals surface area contributed by atoms with Crippen LogP contribution in [0.3, 0.4) is 0 Å². The highest BCUT2D eigenvalue weighted by molar-refractivity contribution is 6.31. The number of aryl methyl sites for hydroxylation is 1. The quantitative estimate of drug-likeness (QED) is 0.384. The molecule has 0 saturated carbocycles. The number of ether oxygens (including phenoxy) is 1. The minimum Gasteiger partial charge on any atom is -0.379 e. The standard InChI is InChI=1S/C24H27ClFN7O2/c1-2-4-27-24(34)16-13-28-23-21(16)30-18(14-29-23)22-20-17(26)11-15(25)12-19(20)33(31-22)6-3-5-32-7-9-35-10-8-32/h11-14H,2-10H2,1H3,(H,27,34)(H,28,29). The fraction of sp³-hybridized carbons (Fsp3) is 0.417. The normalized spacial score (nSPS) is 14.7. The number of hydrogen-bond acceptors (Lipinski definition) is 6. The van der Waals surface area contributed by atoms with Crippen LogP contribution in [0.15, 0.2) is 24.5 Å². The average Bonchev–Trinajstić information content (AvgIpc) is 3.45. The van der Waals surface area contributed by atoms with Gasteiger partial charge >= 0.3 is 0 Å². The van der Waals surface area contributed by atoms with E-state index in [1.54, 1.807) is 23.1 Å². The molecule has 35 heavy (non-hydrogen) atoms. The molecular weight excluding hydrogens is 473 g/mol. The minimum atomic E-state index is -0.473. The monoisotopic (exact) mass is 499 g/mol. The van der Waals surface area contributed by atoms with E-state index in [0.717, 1.165) is 45.7 Å². The van der Waals surface area contributed by atoms with Crippen molar-refractivity contribution in [3.8, 4) is 11.4 Å². The van der Waals surface area contributed by atoms with Gasteiger partial charge in [0.2, 0.25) is 0 Å². The van der Waals surface area contributed by atoms with Gasteiger partial charge in [-0.15, -0.1) is 0 Å². The van der Waals surface area contributed by atoms with Crippen LogP contribution in [0.2, 0.25) is 5.02 Å².